The third kappa shape index (κ3) is 3.89. The van der Waals surface area contributed by atoms with Gasteiger partial charge < -0.3 is 46.4 Å². The lowest BCUT2D eigenvalue weighted by molar-refractivity contribution is -0.295. The Morgan fingerprint density at radius 1 is 1.41 bits per heavy atom. The van der Waals surface area contributed by atoms with Crippen LogP contribution >= 0.6 is 0 Å². The monoisotopic (exact) mass is 324 g/mol. The first-order valence-electron chi connectivity index (χ1n) is 6.44. The van der Waals surface area contributed by atoms with Gasteiger partial charge in [0.25, 0.3) is 5.79 Å². The highest BCUT2D eigenvalue weighted by Crippen LogP contribution is 2.30. The van der Waals surface area contributed by atoms with Crippen molar-refractivity contribution in [2.75, 3.05) is 13.2 Å². The molecule has 1 aliphatic heterocycles. The molecule has 0 aromatic carbocycles. The fourth-order valence-electron chi connectivity index (χ4n) is 2.15. The zero-order valence-electron chi connectivity index (χ0n) is 11.5. The van der Waals surface area contributed by atoms with Crippen molar-refractivity contribution in [2.45, 2.75) is 42.7 Å². The Bertz CT molecular complexity index is 420. The van der Waals surface area contributed by atoms with Gasteiger partial charge in [-0.2, -0.15) is 0 Å². The third-order valence-electron chi connectivity index (χ3n) is 3.35. The first-order valence-corrected chi connectivity index (χ1v) is 6.44. The first-order chi connectivity index (χ1) is 10.2. The fourth-order valence-corrected chi connectivity index (χ4v) is 2.15. The molecule has 1 heterocycles. The van der Waals surface area contributed by atoms with Gasteiger partial charge in [-0.05, 0) is 0 Å². The summed E-state index contributed by atoms with van der Waals surface area (Å²) in [7, 11) is 0. The van der Waals surface area contributed by atoms with Crippen LogP contribution in [0.1, 0.15) is 6.42 Å². The van der Waals surface area contributed by atoms with Gasteiger partial charge in [-0.3, -0.25) is 4.79 Å². The summed E-state index contributed by atoms with van der Waals surface area (Å²) in [6, 6.07) is -1.34. The van der Waals surface area contributed by atoms with E-state index in [0.29, 0.717) is 0 Å². The minimum Gasteiger partial charge on any atom is -0.477 e. The molecule has 1 rings (SSSR count). The van der Waals surface area contributed by atoms with E-state index >= 15 is 0 Å². The van der Waals surface area contributed by atoms with Gasteiger partial charge >= 0.3 is 5.97 Å². The second kappa shape index (κ2) is 7.28. The van der Waals surface area contributed by atoms with Crippen LogP contribution in [0.5, 0.6) is 0 Å². The van der Waals surface area contributed by atoms with E-state index in [2.05, 4.69) is 5.32 Å². The number of amides is 1. The Balaban J connectivity index is 3.07. The van der Waals surface area contributed by atoms with Crippen molar-refractivity contribution in [2.24, 2.45) is 5.73 Å². The van der Waals surface area contributed by atoms with E-state index in [4.69, 9.17) is 20.7 Å². The van der Waals surface area contributed by atoms with E-state index in [-0.39, 0.29) is 0 Å². The molecule has 1 amide bonds. The Morgan fingerprint density at radius 3 is 2.45 bits per heavy atom. The Morgan fingerprint density at radius 2 is 2.00 bits per heavy atom. The van der Waals surface area contributed by atoms with E-state index in [1.807, 2.05) is 0 Å². The van der Waals surface area contributed by atoms with Crippen molar-refractivity contribution in [3.63, 3.8) is 0 Å². The Hall–Kier alpha value is -1.34. The maximum absolute atomic E-state index is 11.4. The minimum atomic E-state index is -2.82. The number of carbonyl (C=O) groups excluding carboxylic acids is 1. The van der Waals surface area contributed by atoms with Gasteiger partial charge in [0.05, 0.1) is 25.3 Å². The van der Waals surface area contributed by atoms with E-state index in [9.17, 15) is 30.0 Å². The minimum absolute atomic E-state index is 0.447. The average Bonchev–Trinajstić information content (AvgIpc) is 2.47. The zero-order chi connectivity index (χ0) is 17.1. The molecule has 22 heavy (non-hydrogen) atoms. The summed E-state index contributed by atoms with van der Waals surface area (Å²) in [4.78, 5) is 22.4. The van der Waals surface area contributed by atoms with Crippen LogP contribution < -0.4 is 11.1 Å². The highest BCUT2D eigenvalue weighted by atomic mass is 16.7. The quantitative estimate of drug-likeness (QED) is 0.234. The average molecular weight is 324 g/mol. The number of carbonyl (C=O) groups is 2. The lowest BCUT2D eigenvalue weighted by Gasteiger charge is -2.44. The molecule has 1 fully saturated rings. The number of aliphatic hydroxyl groups excluding tert-OH is 4. The predicted octanol–water partition coefficient (Wildman–Crippen LogP) is -4.93. The second-order valence-electron chi connectivity index (χ2n) is 4.98. The van der Waals surface area contributed by atoms with Crippen LogP contribution in [0.3, 0.4) is 0 Å². The van der Waals surface area contributed by atoms with Gasteiger partial charge in [0.15, 0.2) is 0 Å². The number of hydrogen-bond donors (Lipinski definition) is 8. The molecule has 0 aromatic rings. The molecule has 0 aromatic heterocycles. The van der Waals surface area contributed by atoms with Gasteiger partial charge in [0.2, 0.25) is 5.91 Å². The molecule has 0 radical (unpaired) electrons. The molecule has 11 heteroatoms. The molecule has 0 unspecified atom stereocenters. The number of ether oxygens (including phenoxy) is 1. The van der Waals surface area contributed by atoms with Crippen molar-refractivity contribution in [3.05, 3.63) is 0 Å². The van der Waals surface area contributed by atoms with Crippen molar-refractivity contribution in [3.8, 4) is 0 Å². The van der Waals surface area contributed by atoms with E-state index < -0.39 is 67.7 Å². The molecular weight excluding hydrogens is 304 g/mol. The molecule has 6 atom stereocenters. The van der Waals surface area contributed by atoms with Crippen LogP contribution in [0.2, 0.25) is 0 Å². The third-order valence-corrected chi connectivity index (χ3v) is 3.35. The smallest absolute Gasteiger partial charge is 0.364 e. The highest BCUT2D eigenvalue weighted by Gasteiger charge is 2.53. The van der Waals surface area contributed by atoms with Crippen LogP contribution in [0.25, 0.3) is 0 Å². The van der Waals surface area contributed by atoms with Crippen LogP contribution in [-0.2, 0) is 14.3 Å². The van der Waals surface area contributed by atoms with Gasteiger partial charge in [0.1, 0.15) is 18.3 Å². The molecule has 11 nitrogen and oxygen atoms in total. The van der Waals surface area contributed by atoms with Crippen LogP contribution in [0, 0.1) is 0 Å². The molecule has 1 saturated heterocycles. The summed E-state index contributed by atoms with van der Waals surface area (Å²) >= 11 is 0. The van der Waals surface area contributed by atoms with Crippen LogP contribution in [0.4, 0.5) is 0 Å². The van der Waals surface area contributed by atoms with Gasteiger partial charge in [-0.1, -0.05) is 0 Å². The van der Waals surface area contributed by atoms with Gasteiger partial charge in [-0.15, -0.1) is 0 Å². The number of nitrogens with one attached hydrogen (secondary N) is 1. The molecule has 0 aliphatic carbocycles. The number of aliphatic hydroxyl groups is 5. The lowest BCUT2D eigenvalue weighted by Crippen LogP contribution is -2.67. The SMILES string of the molecule is NCC(=O)N[C@H]1[C@H]([C@H](O)[C@H](O)CO)O[C@@](O)(C(=O)O)C[C@@H]1O. The number of rotatable bonds is 6. The van der Waals surface area contributed by atoms with Gasteiger partial charge in [0, 0.05) is 6.42 Å². The number of hydrogen-bond acceptors (Lipinski definition) is 9. The molecule has 1 aliphatic rings. The summed E-state index contributed by atoms with van der Waals surface area (Å²) in [5.74, 6) is -5.36. The number of carboxylic acids is 1. The van der Waals surface area contributed by atoms with Crippen LogP contribution in [0.15, 0.2) is 0 Å². The summed E-state index contributed by atoms with van der Waals surface area (Å²) in [6.07, 6.45) is -7.70. The summed E-state index contributed by atoms with van der Waals surface area (Å²) in [6.45, 7) is -1.34. The molecule has 0 bridgehead atoms. The van der Waals surface area contributed by atoms with E-state index in [1.165, 1.54) is 0 Å². The second-order valence-corrected chi connectivity index (χ2v) is 4.98. The topological polar surface area (TPSA) is 203 Å². The van der Waals surface area contributed by atoms with Crippen molar-refractivity contribution >= 4 is 11.9 Å². The maximum atomic E-state index is 11.4. The summed E-state index contributed by atoms with van der Waals surface area (Å²) in [5, 5.41) is 59.1. The maximum Gasteiger partial charge on any atom is 0.364 e. The number of nitrogens with two attached hydrogens (primary N) is 1. The standard InChI is InChI=1S/C11H20N2O9/c12-2-6(17)13-7-4(15)1-11(21,10(19)20)22-9(7)8(18)5(16)3-14/h4-5,7-9,14-16,18,21H,1-3,12H2,(H,13,17)(H,19,20)/t4-,5+,7+,8+,9+,11+/m0/s1. The largest absolute Gasteiger partial charge is 0.477 e. The molecular formula is C11H20N2O9. The molecule has 0 saturated carbocycles. The van der Waals surface area contributed by atoms with Crippen molar-refractivity contribution in [1.82, 2.24) is 5.32 Å². The Kier molecular flexibility index (Phi) is 6.19. The summed E-state index contributed by atoms with van der Waals surface area (Å²) in [5.41, 5.74) is 5.11. The zero-order valence-corrected chi connectivity index (χ0v) is 11.5. The number of aliphatic carboxylic acids is 1. The molecule has 9 N–H and O–H groups in total. The predicted molar refractivity (Wildman–Crippen MR) is 68.2 cm³/mol. The van der Waals surface area contributed by atoms with Gasteiger partial charge in [-0.25, -0.2) is 4.79 Å². The van der Waals surface area contributed by atoms with E-state index in [1.54, 1.807) is 0 Å². The summed E-state index contributed by atoms with van der Waals surface area (Å²) < 4.78 is 4.87. The normalized spacial score (nSPS) is 34.7. The molecule has 0 spiro atoms. The van der Waals surface area contributed by atoms with Crippen LogP contribution in [-0.4, -0.2) is 91.9 Å². The van der Waals surface area contributed by atoms with Crippen molar-refractivity contribution in [1.29, 1.82) is 0 Å². The van der Waals surface area contributed by atoms with E-state index in [0.717, 1.165) is 0 Å². The first kappa shape index (κ1) is 18.7. The Labute approximate surface area is 124 Å². The fraction of sp³-hybridized carbons (Fsp3) is 0.818. The highest BCUT2D eigenvalue weighted by molar-refractivity contribution is 5.78. The molecule has 128 valence electrons. The lowest BCUT2D eigenvalue weighted by atomic mass is 9.88. The van der Waals surface area contributed by atoms with Crippen molar-refractivity contribution < 1.29 is 45.0 Å². The number of carboxylic acid groups (broad SMARTS) is 1.